The number of benzene rings is 3. The number of anilines is 2. The smallest absolute Gasteiger partial charge is 0.268 e. The van der Waals surface area contributed by atoms with Crippen molar-refractivity contribution in [3.05, 3.63) is 90.0 Å². The largest absolute Gasteiger partial charge is 0.481 e. The SMILES string of the molecule is CC(Oc1ccccc1)C(=O)N1c2ccc(C(=O)NCC3CCCC(CN)C3)cc2NC(=O)CC1c1ccccc1. The van der Waals surface area contributed by atoms with Gasteiger partial charge in [0, 0.05) is 12.1 Å². The van der Waals surface area contributed by atoms with Crippen LogP contribution in [0, 0.1) is 11.8 Å². The molecule has 0 saturated heterocycles. The minimum absolute atomic E-state index is 0.0635. The lowest BCUT2D eigenvalue weighted by Gasteiger charge is -2.33. The highest BCUT2D eigenvalue weighted by atomic mass is 16.5. The molecule has 8 heteroatoms. The van der Waals surface area contributed by atoms with Crippen LogP contribution in [0.15, 0.2) is 78.9 Å². The molecule has 8 nitrogen and oxygen atoms in total. The number of nitrogens with zero attached hydrogens (tertiary/aromatic N) is 1. The number of fused-ring (bicyclic) bond motifs is 1. The predicted molar refractivity (Wildman–Crippen MR) is 160 cm³/mol. The fraction of sp³-hybridized carbons (Fsp3) is 0.364. The quantitative estimate of drug-likeness (QED) is 0.360. The Balaban J connectivity index is 1.42. The molecule has 3 amide bonds. The molecule has 4 unspecified atom stereocenters. The summed E-state index contributed by atoms with van der Waals surface area (Å²) in [6.45, 7) is 2.98. The van der Waals surface area contributed by atoms with E-state index in [-0.39, 0.29) is 24.1 Å². The minimum atomic E-state index is -0.819. The molecule has 1 fully saturated rings. The summed E-state index contributed by atoms with van der Waals surface area (Å²) in [5, 5.41) is 6.01. The molecule has 0 radical (unpaired) electrons. The van der Waals surface area contributed by atoms with Gasteiger partial charge in [-0.3, -0.25) is 19.3 Å². The average Bonchev–Trinajstić information content (AvgIpc) is 3.15. The summed E-state index contributed by atoms with van der Waals surface area (Å²) in [4.78, 5) is 42.0. The van der Waals surface area contributed by atoms with Crippen molar-refractivity contribution in [1.29, 1.82) is 0 Å². The second-order valence-corrected chi connectivity index (χ2v) is 11.0. The first-order chi connectivity index (χ1) is 19.9. The van der Waals surface area contributed by atoms with E-state index in [4.69, 9.17) is 10.5 Å². The average molecular weight is 555 g/mol. The molecular weight excluding hydrogens is 516 g/mol. The minimum Gasteiger partial charge on any atom is -0.481 e. The Kier molecular flexibility index (Phi) is 8.99. The molecule has 4 N–H and O–H groups in total. The normalized spacial score (nSPS) is 21.2. The summed E-state index contributed by atoms with van der Waals surface area (Å²) in [6.07, 6.45) is 3.64. The zero-order chi connectivity index (χ0) is 28.8. The van der Waals surface area contributed by atoms with E-state index in [0.29, 0.717) is 47.6 Å². The first-order valence-electron chi connectivity index (χ1n) is 14.4. The van der Waals surface area contributed by atoms with Crippen molar-refractivity contribution in [1.82, 2.24) is 5.32 Å². The van der Waals surface area contributed by atoms with Crippen molar-refractivity contribution in [2.24, 2.45) is 17.6 Å². The number of hydrogen-bond donors (Lipinski definition) is 3. The summed E-state index contributed by atoms with van der Waals surface area (Å²) >= 11 is 0. The maximum atomic E-state index is 14.0. The Morgan fingerprint density at radius 2 is 1.73 bits per heavy atom. The van der Waals surface area contributed by atoms with Crippen molar-refractivity contribution >= 4 is 29.1 Å². The van der Waals surface area contributed by atoms with Gasteiger partial charge in [-0.1, -0.05) is 55.0 Å². The van der Waals surface area contributed by atoms with Gasteiger partial charge in [0.1, 0.15) is 5.75 Å². The van der Waals surface area contributed by atoms with Crippen molar-refractivity contribution in [3.8, 4) is 5.75 Å². The lowest BCUT2D eigenvalue weighted by Crippen LogP contribution is -2.43. The summed E-state index contributed by atoms with van der Waals surface area (Å²) in [5.41, 5.74) is 8.08. The first kappa shape index (κ1) is 28.4. The number of hydrogen-bond acceptors (Lipinski definition) is 5. The van der Waals surface area contributed by atoms with Crippen LogP contribution in [0.1, 0.15) is 61.0 Å². The molecule has 0 aromatic heterocycles. The summed E-state index contributed by atoms with van der Waals surface area (Å²) in [5.74, 6) is 0.774. The van der Waals surface area contributed by atoms with Crippen molar-refractivity contribution < 1.29 is 19.1 Å². The molecule has 4 atom stereocenters. The predicted octanol–water partition coefficient (Wildman–Crippen LogP) is 5.07. The molecule has 3 aromatic carbocycles. The van der Waals surface area contributed by atoms with Gasteiger partial charge in [-0.15, -0.1) is 0 Å². The lowest BCUT2D eigenvalue weighted by molar-refractivity contribution is -0.125. The zero-order valence-corrected chi connectivity index (χ0v) is 23.4. The molecule has 0 spiro atoms. The van der Waals surface area contributed by atoms with Gasteiger partial charge < -0.3 is 21.1 Å². The molecule has 1 heterocycles. The van der Waals surface area contributed by atoms with Gasteiger partial charge in [0.05, 0.1) is 23.8 Å². The van der Waals surface area contributed by atoms with E-state index in [1.165, 1.54) is 0 Å². The monoisotopic (exact) mass is 554 g/mol. The standard InChI is InChI=1S/C33H38N4O4/c1-22(41-27-13-6-3-7-14-27)33(40)37-29-16-15-26(32(39)35-21-24-10-8-9-23(17-24)20-34)18-28(29)36-31(38)19-30(37)25-11-4-2-5-12-25/h2-7,11-16,18,22-24,30H,8-10,17,19-21,34H2,1H3,(H,35,39)(H,36,38). The third-order valence-electron chi connectivity index (χ3n) is 8.08. The molecule has 41 heavy (non-hydrogen) atoms. The van der Waals surface area contributed by atoms with E-state index in [2.05, 4.69) is 10.6 Å². The third-order valence-corrected chi connectivity index (χ3v) is 8.08. The van der Waals surface area contributed by atoms with Crippen LogP contribution in [0.3, 0.4) is 0 Å². The molecule has 0 bridgehead atoms. The molecular formula is C33H38N4O4. The van der Waals surface area contributed by atoms with E-state index in [1.807, 2.05) is 48.5 Å². The van der Waals surface area contributed by atoms with Crippen LogP contribution in [0.4, 0.5) is 11.4 Å². The number of carbonyl (C=O) groups excluding carboxylic acids is 3. The summed E-state index contributed by atoms with van der Waals surface area (Å²) in [6, 6.07) is 23.2. The van der Waals surface area contributed by atoms with Crippen LogP contribution < -0.4 is 26.0 Å². The molecule has 1 aliphatic heterocycles. The van der Waals surface area contributed by atoms with E-state index in [9.17, 15) is 14.4 Å². The van der Waals surface area contributed by atoms with Crippen LogP contribution in [0.2, 0.25) is 0 Å². The fourth-order valence-electron chi connectivity index (χ4n) is 5.93. The van der Waals surface area contributed by atoms with Crippen molar-refractivity contribution in [2.75, 3.05) is 23.3 Å². The fourth-order valence-corrected chi connectivity index (χ4v) is 5.93. The highest BCUT2D eigenvalue weighted by molar-refractivity contribution is 6.07. The lowest BCUT2D eigenvalue weighted by atomic mass is 9.81. The number of carbonyl (C=O) groups is 3. The highest BCUT2D eigenvalue weighted by Gasteiger charge is 2.36. The Morgan fingerprint density at radius 1 is 1.02 bits per heavy atom. The topological polar surface area (TPSA) is 114 Å². The second kappa shape index (κ2) is 13.0. The Hall–Kier alpha value is -4.17. The van der Waals surface area contributed by atoms with Crippen LogP contribution in [-0.4, -0.2) is 36.9 Å². The van der Waals surface area contributed by atoms with Gasteiger partial charge in [-0.25, -0.2) is 0 Å². The van der Waals surface area contributed by atoms with Crippen LogP contribution in [0.5, 0.6) is 5.75 Å². The molecule has 3 aromatic rings. The van der Waals surface area contributed by atoms with E-state index < -0.39 is 12.1 Å². The van der Waals surface area contributed by atoms with Gasteiger partial charge >= 0.3 is 0 Å². The number of amides is 3. The number of rotatable bonds is 8. The molecule has 1 aliphatic carbocycles. The molecule has 214 valence electrons. The van der Waals surface area contributed by atoms with Crippen molar-refractivity contribution in [3.63, 3.8) is 0 Å². The number of nitrogens with one attached hydrogen (secondary N) is 2. The molecule has 2 aliphatic rings. The Bertz CT molecular complexity index is 1360. The summed E-state index contributed by atoms with van der Waals surface area (Å²) in [7, 11) is 0. The first-order valence-corrected chi connectivity index (χ1v) is 14.4. The molecule has 1 saturated carbocycles. The zero-order valence-electron chi connectivity index (χ0n) is 23.4. The second-order valence-electron chi connectivity index (χ2n) is 11.0. The van der Waals surface area contributed by atoms with Gasteiger partial charge in [-0.05, 0) is 80.5 Å². The maximum Gasteiger partial charge on any atom is 0.268 e. The van der Waals surface area contributed by atoms with Crippen LogP contribution in [0.25, 0.3) is 0 Å². The van der Waals surface area contributed by atoms with Crippen LogP contribution in [-0.2, 0) is 9.59 Å². The van der Waals surface area contributed by atoms with Gasteiger partial charge in [0.15, 0.2) is 6.10 Å². The van der Waals surface area contributed by atoms with E-state index in [1.54, 1.807) is 42.2 Å². The third kappa shape index (κ3) is 6.77. The Morgan fingerprint density at radius 3 is 2.46 bits per heavy atom. The van der Waals surface area contributed by atoms with E-state index >= 15 is 0 Å². The molecule has 5 rings (SSSR count). The van der Waals surface area contributed by atoms with Gasteiger partial charge in [-0.2, -0.15) is 0 Å². The highest BCUT2D eigenvalue weighted by Crippen LogP contribution is 2.39. The number of ether oxygens (including phenoxy) is 1. The van der Waals surface area contributed by atoms with Gasteiger partial charge in [0.2, 0.25) is 5.91 Å². The van der Waals surface area contributed by atoms with Crippen LogP contribution >= 0.6 is 0 Å². The number of nitrogens with two attached hydrogens (primary N) is 1. The Labute approximate surface area is 241 Å². The maximum absolute atomic E-state index is 14.0. The summed E-state index contributed by atoms with van der Waals surface area (Å²) < 4.78 is 5.99. The van der Waals surface area contributed by atoms with E-state index in [0.717, 1.165) is 31.2 Å². The van der Waals surface area contributed by atoms with Gasteiger partial charge in [0.25, 0.3) is 11.8 Å². The van der Waals surface area contributed by atoms with Crippen molar-refractivity contribution in [2.45, 2.75) is 51.2 Å². The number of para-hydroxylation sites is 1.